The van der Waals surface area contributed by atoms with Crippen LogP contribution in [0.25, 0.3) is 16.6 Å². The largest absolute Gasteiger partial charge is 0.497 e. The molecule has 0 aliphatic heterocycles. The summed E-state index contributed by atoms with van der Waals surface area (Å²) in [6, 6.07) is 31.9. The number of methoxy groups -OCH3 is 1. The highest BCUT2D eigenvalue weighted by Crippen LogP contribution is 2.37. The van der Waals surface area contributed by atoms with E-state index in [1.807, 2.05) is 91.0 Å². The first kappa shape index (κ1) is 26.3. The van der Waals surface area contributed by atoms with Crippen molar-refractivity contribution in [1.29, 1.82) is 0 Å². The Morgan fingerprint density at radius 2 is 1.62 bits per heavy atom. The van der Waals surface area contributed by atoms with E-state index in [1.165, 1.54) is 11.8 Å². The molecule has 1 aromatic heterocycles. The highest BCUT2D eigenvalue weighted by molar-refractivity contribution is 8.00. The molecular weight excluding hydrogens is 506 g/mol. The second kappa shape index (κ2) is 11.6. The minimum atomic E-state index is -0.678. The molecule has 0 fully saturated rings. The summed E-state index contributed by atoms with van der Waals surface area (Å²) in [6.07, 6.45) is 0. The molecule has 0 saturated heterocycles. The van der Waals surface area contributed by atoms with Crippen molar-refractivity contribution in [2.24, 2.45) is 0 Å². The van der Waals surface area contributed by atoms with Gasteiger partial charge < -0.3 is 10.1 Å². The minimum absolute atomic E-state index is 0.170. The van der Waals surface area contributed by atoms with Crippen molar-refractivity contribution in [3.63, 3.8) is 0 Å². The van der Waals surface area contributed by atoms with Crippen molar-refractivity contribution in [2.75, 3.05) is 12.4 Å². The van der Waals surface area contributed by atoms with Crippen LogP contribution >= 0.6 is 11.8 Å². The first-order valence-corrected chi connectivity index (χ1v) is 13.6. The Morgan fingerprint density at radius 1 is 0.897 bits per heavy atom. The number of rotatable bonds is 8. The molecule has 1 unspecified atom stereocenters. The van der Waals surface area contributed by atoms with Crippen LogP contribution in [0.3, 0.4) is 0 Å². The summed E-state index contributed by atoms with van der Waals surface area (Å²) in [5.74, 6) is 0.594. The molecule has 1 amide bonds. The molecule has 1 N–H and O–H groups in total. The summed E-state index contributed by atoms with van der Waals surface area (Å²) in [4.78, 5) is 32.7. The Kier molecular flexibility index (Phi) is 7.79. The number of anilines is 1. The molecule has 196 valence electrons. The second-order valence-corrected chi connectivity index (χ2v) is 10.5. The van der Waals surface area contributed by atoms with Gasteiger partial charge in [-0.15, -0.1) is 0 Å². The van der Waals surface area contributed by atoms with Gasteiger partial charge in [0.05, 0.1) is 23.7 Å². The molecule has 0 saturated carbocycles. The summed E-state index contributed by atoms with van der Waals surface area (Å²) in [6.45, 7) is 4.19. The lowest BCUT2D eigenvalue weighted by Gasteiger charge is -2.21. The van der Waals surface area contributed by atoms with E-state index in [0.29, 0.717) is 27.5 Å². The lowest BCUT2D eigenvalue weighted by molar-refractivity contribution is -0.115. The predicted molar refractivity (Wildman–Crippen MR) is 158 cm³/mol. The third kappa shape index (κ3) is 5.59. The summed E-state index contributed by atoms with van der Waals surface area (Å²) in [5, 5.41) is 3.31. The van der Waals surface area contributed by atoms with Gasteiger partial charge >= 0.3 is 0 Å². The summed E-state index contributed by atoms with van der Waals surface area (Å²) < 4.78 is 6.97. The number of hydrogen-bond donors (Lipinski definition) is 1. The molecule has 39 heavy (non-hydrogen) atoms. The van der Waals surface area contributed by atoms with E-state index < -0.39 is 5.25 Å². The lowest BCUT2D eigenvalue weighted by atomic mass is 10.0. The SMILES string of the molecule is COc1cccc(NC(=O)C(Sc2nc3ccccc3c(=O)n2-c2ccccc2C(C)C)c2ccccc2)c1. The molecule has 5 rings (SSSR count). The molecule has 0 aliphatic rings. The van der Waals surface area contributed by atoms with Gasteiger partial charge in [0.25, 0.3) is 5.56 Å². The zero-order valence-electron chi connectivity index (χ0n) is 22.0. The Labute approximate surface area is 231 Å². The maximum Gasteiger partial charge on any atom is 0.266 e. The van der Waals surface area contributed by atoms with Crippen molar-refractivity contribution in [3.05, 3.63) is 125 Å². The standard InChI is InChI=1S/C32H29N3O3S/c1-21(2)25-16-8-10-19-28(25)35-31(37)26-17-7-9-18-27(26)34-32(35)39-29(22-12-5-4-6-13-22)30(36)33-23-14-11-15-24(20-23)38-3/h4-21,29H,1-3H3,(H,33,36). The van der Waals surface area contributed by atoms with Crippen LogP contribution in [-0.4, -0.2) is 22.6 Å². The molecule has 0 spiro atoms. The average Bonchev–Trinajstić information content (AvgIpc) is 2.96. The van der Waals surface area contributed by atoms with Crippen molar-refractivity contribution >= 4 is 34.3 Å². The average molecular weight is 536 g/mol. The van der Waals surface area contributed by atoms with E-state index >= 15 is 0 Å². The molecule has 7 heteroatoms. The maximum atomic E-state index is 14.0. The number of carbonyl (C=O) groups is 1. The van der Waals surface area contributed by atoms with E-state index in [-0.39, 0.29) is 17.4 Å². The van der Waals surface area contributed by atoms with Crippen LogP contribution in [-0.2, 0) is 4.79 Å². The molecule has 6 nitrogen and oxygen atoms in total. The number of carbonyl (C=O) groups excluding carboxylic acids is 1. The number of nitrogens with one attached hydrogen (secondary N) is 1. The minimum Gasteiger partial charge on any atom is -0.497 e. The van der Waals surface area contributed by atoms with Gasteiger partial charge in [-0.05, 0) is 47.4 Å². The smallest absolute Gasteiger partial charge is 0.266 e. The summed E-state index contributed by atoms with van der Waals surface area (Å²) in [5.41, 5.74) is 3.62. The Hall–Kier alpha value is -4.36. The van der Waals surface area contributed by atoms with Crippen LogP contribution < -0.4 is 15.6 Å². The maximum absolute atomic E-state index is 14.0. The number of thioether (sulfide) groups is 1. The number of para-hydroxylation sites is 2. The third-order valence-corrected chi connectivity index (χ3v) is 7.65. The lowest BCUT2D eigenvalue weighted by Crippen LogP contribution is -2.25. The van der Waals surface area contributed by atoms with E-state index in [0.717, 1.165) is 16.8 Å². The van der Waals surface area contributed by atoms with Crippen LogP contribution in [0.2, 0.25) is 0 Å². The van der Waals surface area contributed by atoms with Crippen LogP contribution in [0.4, 0.5) is 5.69 Å². The fraction of sp³-hybridized carbons (Fsp3) is 0.156. The topological polar surface area (TPSA) is 73.2 Å². The first-order chi connectivity index (χ1) is 19.0. The molecule has 4 aromatic carbocycles. The van der Waals surface area contributed by atoms with Crippen LogP contribution in [0.5, 0.6) is 5.75 Å². The number of ether oxygens (including phenoxy) is 1. The molecule has 1 heterocycles. The number of amides is 1. The highest BCUT2D eigenvalue weighted by Gasteiger charge is 2.26. The van der Waals surface area contributed by atoms with E-state index in [4.69, 9.17) is 9.72 Å². The van der Waals surface area contributed by atoms with E-state index in [9.17, 15) is 9.59 Å². The Bertz CT molecular complexity index is 1680. The zero-order chi connectivity index (χ0) is 27.4. The predicted octanol–water partition coefficient (Wildman–Crippen LogP) is 6.99. The highest BCUT2D eigenvalue weighted by atomic mass is 32.2. The monoisotopic (exact) mass is 535 g/mol. The van der Waals surface area contributed by atoms with E-state index in [2.05, 4.69) is 19.2 Å². The molecule has 0 radical (unpaired) electrons. The number of hydrogen-bond acceptors (Lipinski definition) is 5. The number of fused-ring (bicyclic) bond motifs is 1. The van der Waals surface area contributed by atoms with Crippen molar-refractivity contribution in [1.82, 2.24) is 9.55 Å². The Morgan fingerprint density at radius 3 is 2.38 bits per heavy atom. The fourth-order valence-electron chi connectivity index (χ4n) is 4.50. The normalized spacial score (nSPS) is 11.9. The molecule has 1 atom stereocenters. The van der Waals surface area contributed by atoms with Crippen molar-refractivity contribution in [3.8, 4) is 11.4 Å². The van der Waals surface area contributed by atoms with Gasteiger partial charge in [0.15, 0.2) is 5.16 Å². The summed E-state index contributed by atoms with van der Waals surface area (Å²) >= 11 is 1.26. The van der Waals surface area contributed by atoms with Crippen LogP contribution in [0.15, 0.2) is 113 Å². The van der Waals surface area contributed by atoms with Gasteiger partial charge in [0.1, 0.15) is 11.0 Å². The quantitative estimate of drug-likeness (QED) is 0.171. The van der Waals surface area contributed by atoms with Crippen molar-refractivity contribution < 1.29 is 9.53 Å². The van der Waals surface area contributed by atoms with Crippen LogP contribution in [0, 0.1) is 0 Å². The fourth-order valence-corrected chi connectivity index (χ4v) is 5.61. The van der Waals surface area contributed by atoms with Gasteiger partial charge in [-0.1, -0.05) is 92.3 Å². The molecule has 0 bridgehead atoms. The third-order valence-electron chi connectivity index (χ3n) is 6.45. The Balaban J connectivity index is 1.66. The first-order valence-electron chi connectivity index (χ1n) is 12.7. The van der Waals surface area contributed by atoms with Gasteiger partial charge in [0.2, 0.25) is 5.91 Å². The zero-order valence-corrected chi connectivity index (χ0v) is 22.8. The molecule has 0 aliphatic carbocycles. The summed E-state index contributed by atoms with van der Waals surface area (Å²) in [7, 11) is 1.59. The van der Waals surface area contributed by atoms with Crippen LogP contribution in [0.1, 0.15) is 36.1 Å². The van der Waals surface area contributed by atoms with Crippen molar-refractivity contribution in [2.45, 2.75) is 30.2 Å². The number of nitrogens with zero attached hydrogens (tertiary/aromatic N) is 2. The number of aromatic nitrogens is 2. The molecule has 5 aromatic rings. The van der Waals surface area contributed by atoms with Gasteiger partial charge in [-0.3, -0.25) is 14.2 Å². The van der Waals surface area contributed by atoms with Gasteiger partial charge in [-0.2, -0.15) is 0 Å². The number of benzene rings is 4. The second-order valence-electron chi connectivity index (χ2n) is 9.40. The molecular formula is C32H29N3O3S. The van der Waals surface area contributed by atoms with E-state index in [1.54, 1.807) is 23.8 Å². The van der Waals surface area contributed by atoms with Gasteiger partial charge in [0, 0.05) is 11.8 Å². The van der Waals surface area contributed by atoms with Gasteiger partial charge in [-0.25, -0.2) is 4.98 Å².